The van der Waals surface area contributed by atoms with Crippen LogP contribution in [-0.4, -0.2) is 23.1 Å². The lowest BCUT2D eigenvalue weighted by molar-refractivity contribution is -0.130. The van der Waals surface area contributed by atoms with E-state index in [1.807, 2.05) is 20.8 Å². The molecule has 0 amide bonds. The summed E-state index contributed by atoms with van der Waals surface area (Å²) in [4.78, 5) is 50.4. The highest BCUT2D eigenvalue weighted by molar-refractivity contribution is 6.00. The predicted octanol–water partition coefficient (Wildman–Crippen LogP) is 7.45. The number of ketones is 4. The molecule has 1 aromatic carbocycles. The quantitative estimate of drug-likeness (QED) is 0.223. The average Bonchev–Trinajstić information content (AvgIpc) is 2.80. The van der Waals surface area contributed by atoms with Crippen LogP contribution in [-0.2, 0) is 27.2 Å². The van der Waals surface area contributed by atoms with Crippen molar-refractivity contribution in [1.82, 2.24) is 0 Å². The molecular formula is C32H48O4. The van der Waals surface area contributed by atoms with Crippen LogP contribution in [0, 0.1) is 30.6 Å². The summed E-state index contributed by atoms with van der Waals surface area (Å²) in [5, 5.41) is 0. The van der Waals surface area contributed by atoms with E-state index in [4.69, 9.17) is 0 Å². The van der Waals surface area contributed by atoms with E-state index in [1.165, 1.54) is 6.92 Å². The Hall–Kier alpha value is -2.10. The standard InChI is InChI=1S/C32H48O4/c1-7-11-25(28(10-4)30(35)16-21(5)33)17-23-18-27-15-14-24(22(6)32(27)31(36)19-23)20-26(12-8-2)29(34)13-9-3/h14-15,23,25-26,28H,7-13,16-20H2,1-6H3. The van der Waals surface area contributed by atoms with Gasteiger partial charge >= 0.3 is 0 Å². The maximum absolute atomic E-state index is 13.4. The highest BCUT2D eigenvalue weighted by atomic mass is 16.1. The molecule has 0 N–H and O–H groups in total. The first-order valence-electron chi connectivity index (χ1n) is 14.4. The van der Waals surface area contributed by atoms with Gasteiger partial charge in [-0.15, -0.1) is 0 Å². The van der Waals surface area contributed by atoms with E-state index in [-0.39, 0.29) is 47.4 Å². The first kappa shape index (κ1) is 30.1. The SMILES string of the molecule is CCCC(=O)C(CCC)Cc1ccc2c(c1C)C(=O)CC(CC(CCC)C(CC)C(=O)CC(C)=O)C2. The Morgan fingerprint density at radius 1 is 0.944 bits per heavy atom. The normalized spacial score (nSPS) is 17.8. The smallest absolute Gasteiger partial charge is 0.163 e. The lowest BCUT2D eigenvalue weighted by atomic mass is 9.71. The van der Waals surface area contributed by atoms with E-state index >= 15 is 0 Å². The zero-order chi connectivity index (χ0) is 26.8. The van der Waals surface area contributed by atoms with Crippen molar-refractivity contribution in [3.63, 3.8) is 0 Å². The van der Waals surface area contributed by atoms with Crippen LogP contribution in [0.15, 0.2) is 12.1 Å². The predicted molar refractivity (Wildman–Crippen MR) is 146 cm³/mol. The molecule has 4 heteroatoms. The number of hydrogen-bond acceptors (Lipinski definition) is 4. The van der Waals surface area contributed by atoms with Crippen molar-refractivity contribution in [3.8, 4) is 0 Å². The van der Waals surface area contributed by atoms with Crippen molar-refractivity contribution in [2.75, 3.05) is 0 Å². The van der Waals surface area contributed by atoms with Gasteiger partial charge in [-0.1, -0.05) is 59.1 Å². The van der Waals surface area contributed by atoms with Gasteiger partial charge < -0.3 is 0 Å². The van der Waals surface area contributed by atoms with Gasteiger partial charge in [0.2, 0.25) is 0 Å². The van der Waals surface area contributed by atoms with Gasteiger partial charge in [-0.25, -0.2) is 0 Å². The molecule has 0 heterocycles. The summed E-state index contributed by atoms with van der Waals surface area (Å²) >= 11 is 0. The second kappa shape index (κ2) is 14.6. The highest BCUT2D eigenvalue weighted by Gasteiger charge is 2.33. The molecule has 0 radical (unpaired) electrons. The molecule has 0 fully saturated rings. The van der Waals surface area contributed by atoms with Crippen LogP contribution in [0.25, 0.3) is 0 Å². The molecular weight excluding hydrogens is 448 g/mol. The van der Waals surface area contributed by atoms with E-state index in [0.29, 0.717) is 18.6 Å². The number of carbonyl (C=O) groups is 4. The van der Waals surface area contributed by atoms with Crippen LogP contribution in [0.5, 0.6) is 0 Å². The molecule has 0 aromatic heterocycles. The first-order valence-corrected chi connectivity index (χ1v) is 14.4. The lowest BCUT2D eigenvalue weighted by Crippen LogP contribution is -2.30. The van der Waals surface area contributed by atoms with Gasteiger partial charge in [-0.05, 0) is 80.9 Å². The molecule has 4 nitrogen and oxygen atoms in total. The fourth-order valence-corrected chi connectivity index (χ4v) is 6.43. The molecule has 4 unspecified atom stereocenters. The summed E-state index contributed by atoms with van der Waals surface area (Å²) in [7, 11) is 0. The topological polar surface area (TPSA) is 68.3 Å². The summed E-state index contributed by atoms with van der Waals surface area (Å²) < 4.78 is 0. The minimum atomic E-state index is -0.106. The van der Waals surface area contributed by atoms with Crippen molar-refractivity contribution in [2.45, 2.75) is 119 Å². The Balaban J connectivity index is 2.23. The first-order chi connectivity index (χ1) is 17.2. The summed E-state index contributed by atoms with van der Waals surface area (Å²) in [6, 6.07) is 4.25. The van der Waals surface area contributed by atoms with Gasteiger partial charge in [0, 0.05) is 30.2 Å². The van der Waals surface area contributed by atoms with Crippen LogP contribution < -0.4 is 0 Å². The Kier molecular flexibility index (Phi) is 12.2. The minimum absolute atomic E-state index is 0.0207. The minimum Gasteiger partial charge on any atom is -0.300 e. The Morgan fingerprint density at radius 2 is 1.64 bits per heavy atom. The Morgan fingerprint density at radius 3 is 2.22 bits per heavy atom. The van der Waals surface area contributed by atoms with E-state index in [0.717, 1.165) is 80.0 Å². The largest absolute Gasteiger partial charge is 0.300 e. The maximum Gasteiger partial charge on any atom is 0.163 e. The number of hydrogen-bond donors (Lipinski definition) is 0. The second-order valence-corrected chi connectivity index (χ2v) is 11.1. The van der Waals surface area contributed by atoms with E-state index in [2.05, 4.69) is 26.0 Å². The van der Waals surface area contributed by atoms with Gasteiger partial charge in [-0.2, -0.15) is 0 Å². The lowest BCUT2D eigenvalue weighted by Gasteiger charge is -2.32. The van der Waals surface area contributed by atoms with Crippen LogP contribution in [0.3, 0.4) is 0 Å². The molecule has 0 bridgehead atoms. The number of Topliss-reactive ketones (excluding diaryl/α,β-unsaturated/α-hetero) is 4. The van der Waals surface area contributed by atoms with E-state index < -0.39 is 0 Å². The maximum atomic E-state index is 13.4. The summed E-state index contributed by atoms with van der Waals surface area (Å²) in [5.74, 6) is 0.901. The van der Waals surface area contributed by atoms with Gasteiger partial charge in [0.05, 0.1) is 6.42 Å². The molecule has 0 saturated heterocycles. The van der Waals surface area contributed by atoms with E-state index in [1.54, 1.807) is 0 Å². The van der Waals surface area contributed by atoms with Crippen molar-refractivity contribution < 1.29 is 19.2 Å². The van der Waals surface area contributed by atoms with Gasteiger partial charge in [-0.3, -0.25) is 19.2 Å². The molecule has 0 aliphatic heterocycles. The third kappa shape index (κ3) is 7.95. The molecule has 200 valence electrons. The van der Waals surface area contributed by atoms with Crippen LogP contribution in [0.2, 0.25) is 0 Å². The molecule has 2 rings (SSSR count). The number of fused-ring (bicyclic) bond motifs is 1. The molecule has 36 heavy (non-hydrogen) atoms. The zero-order valence-corrected chi connectivity index (χ0v) is 23.6. The Bertz CT molecular complexity index is 928. The summed E-state index contributed by atoms with van der Waals surface area (Å²) in [6.07, 6.45) is 9.02. The zero-order valence-electron chi connectivity index (χ0n) is 23.6. The third-order valence-corrected chi connectivity index (χ3v) is 8.12. The monoisotopic (exact) mass is 496 g/mol. The number of carbonyl (C=O) groups excluding carboxylic acids is 4. The van der Waals surface area contributed by atoms with Crippen molar-refractivity contribution in [1.29, 1.82) is 0 Å². The molecule has 4 atom stereocenters. The third-order valence-electron chi connectivity index (χ3n) is 8.12. The summed E-state index contributed by atoms with van der Waals surface area (Å²) in [6.45, 7) is 11.9. The molecule has 1 aliphatic rings. The van der Waals surface area contributed by atoms with Crippen molar-refractivity contribution in [3.05, 3.63) is 34.4 Å². The molecule has 0 saturated carbocycles. The van der Waals surface area contributed by atoms with Crippen molar-refractivity contribution >= 4 is 23.1 Å². The molecule has 1 aromatic rings. The summed E-state index contributed by atoms with van der Waals surface area (Å²) in [5.41, 5.74) is 4.17. The van der Waals surface area contributed by atoms with Crippen LogP contribution >= 0.6 is 0 Å². The number of benzene rings is 1. The molecule has 1 aliphatic carbocycles. The van der Waals surface area contributed by atoms with Gasteiger partial charge in [0.25, 0.3) is 0 Å². The van der Waals surface area contributed by atoms with E-state index in [9.17, 15) is 19.2 Å². The van der Waals surface area contributed by atoms with Gasteiger partial charge in [0.1, 0.15) is 17.3 Å². The fraction of sp³-hybridized carbons (Fsp3) is 0.688. The second-order valence-electron chi connectivity index (χ2n) is 11.1. The fourth-order valence-electron chi connectivity index (χ4n) is 6.43. The molecule has 0 spiro atoms. The number of rotatable bonds is 16. The van der Waals surface area contributed by atoms with Crippen molar-refractivity contribution in [2.24, 2.45) is 23.7 Å². The average molecular weight is 497 g/mol. The Labute approximate surface area is 219 Å². The highest BCUT2D eigenvalue weighted by Crippen LogP contribution is 2.37. The van der Waals surface area contributed by atoms with Crippen LogP contribution in [0.4, 0.5) is 0 Å². The van der Waals surface area contributed by atoms with Crippen LogP contribution in [0.1, 0.15) is 126 Å². The van der Waals surface area contributed by atoms with Gasteiger partial charge in [0.15, 0.2) is 5.78 Å².